The standard InChI is InChI=1S/C15H29N3O2S/c1-6-13(4)11-18(8-3)21(19,20)15-9-14(10-16-5)17(7-2)12-15/h9,12-13,16H,6-8,10-11H2,1-5H3. The molecule has 1 N–H and O–H groups in total. The van der Waals surface area contributed by atoms with Gasteiger partial charge in [0.05, 0.1) is 0 Å². The first-order chi connectivity index (χ1) is 9.90. The Kier molecular flexibility index (Phi) is 6.90. The first-order valence-electron chi connectivity index (χ1n) is 7.74. The van der Waals surface area contributed by atoms with Crippen LogP contribution in [0.15, 0.2) is 17.2 Å². The van der Waals surface area contributed by atoms with Gasteiger partial charge in [-0.15, -0.1) is 0 Å². The first-order valence-corrected chi connectivity index (χ1v) is 9.18. The van der Waals surface area contributed by atoms with Gasteiger partial charge in [0, 0.05) is 38.1 Å². The molecule has 0 spiro atoms. The second kappa shape index (κ2) is 7.96. The van der Waals surface area contributed by atoms with Crippen molar-refractivity contribution in [3.8, 4) is 0 Å². The van der Waals surface area contributed by atoms with Crippen LogP contribution < -0.4 is 5.32 Å². The lowest BCUT2D eigenvalue weighted by Crippen LogP contribution is -2.34. The van der Waals surface area contributed by atoms with Gasteiger partial charge in [-0.2, -0.15) is 4.31 Å². The minimum Gasteiger partial charge on any atom is -0.349 e. The lowest BCUT2D eigenvalue weighted by atomic mass is 10.1. The molecule has 0 aromatic carbocycles. The predicted molar refractivity (Wildman–Crippen MR) is 86.8 cm³/mol. The average molecular weight is 315 g/mol. The molecule has 1 aromatic rings. The zero-order valence-corrected chi connectivity index (χ0v) is 14.7. The monoisotopic (exact) mass is 315 g/mol. The highest BCUT2D eigenvalue weighted by Gasteiger charge is 2.26. The molecule has 0 aliphatic carbocycles. The summed E-state index contributed by atoms with van der Waals surface area (Å²) in [5.74, 6) is 0.366. The van der Waals surface area contributed by atoms with E-state index in [2.05, 4.69) is 19.2 Å². The van der Waals surface area contributed by atoms with Crippen molar-refractivity contribution in [3.63, 3.8) is 0 Å². The van der Waals surface area contributed by atoms with E-state index >= 15 is 0 Å². The number of aryl methyl sites for hydroxylation is 1. The maximum absolute atomic E-state index is 12.8. The van der Waals surface area contributed by atoms with Crippen molar-refractivity contribution in [2.45, 2.75) is 52.1 Å². The number of hydrogen-bond donors (Lipinski definition) is 1. The second-order valence-corrected chi connectivity index (χ2v) is 7.39. The lowest BCUT2D eigenvalue weighted by Gasteiger charge is -2.22. The fraction of sp³-hybridized carbons (Fsp3) is 0.733. The summed E-state index contributed by atoms with van der Waals surface area (Å²) >= 11 is 0. The van der Waals surface area contributed by atoms with Gasteiger partial charge in [-0.25, -0.2) is 8.42 Å². The van der Waals surface area contributed by atoms with Crippen LogP contribution in [0.4, 0.5) is 0 Å². The van der Waals surface area contributed by atoms with Crippen molar-refractivity contribution in [3.05, 3.63) is 18.0 Å². The average Bonchev–Trinajstić information content (AvgIpc) is 2.88. The molecule has 5 nitrogen and oxygen atoms in total. The van der Waals surface area contributed by atoms with Gasteiger partial charge < -0.3 is 9.88 Å². The van der Waals surface area contributed by atoms with E-state index in [-0.39, 0.29) is 0 Å². The predicted octanol–water partition coefficient (Wildman–Crippen LogP) is 2.28. The first kappa shape index (κ1) is 18.2. The molecule has 122 valence electrons. The van der Waals surface area contributed by atoms with Crippen LogP contribution in [0.2, 0.25) is 0 Å². The fourth-order valence-electron chi connectivity index (χ4n) is 2.31. The van der Waals surface area contributed by atoms with Gasteiger partial charge in [-0.05, 0) is 26.0 Å². The quantitative estimate of drug-likeness (QED) is 0.760. The number of sulfonamides is 1. The third-order valence-corrected chi connectivity index (χ3v) is 5.77. The van der Waals surface area contributed by atoms with Crippen LogP contribution in [-0.4, -0.2) is 37.4 Å². The molecule has 1 atom stereocenters. The van der Waals surface area contributed by atoms with Crippen molar-refractivity contribution in [2.24, 2.45) is 5.92 Å². The van der Waals surface area contributed by atoms with E-state index < -0.39 is 10.0 Å². The number of hydrogen-bond acceptors (Lipinski definition) is 3. The van der Waals surface area contributed by atoms with Gasteiger partial charge in [0.25, 0.3) is 0 Å². The van der Waals surface area contributed by atoms with E-state index in [1.165, 1.54) is 0 Å². The van der Waals surface area contributed by atoms with Gasteiger partial charge in [0.1, 0.15) is 4.90 Å². The number of nitrogens with zero attached hydrogens (tertiary/aromatic N) is 2. The minimum absolute atomic E-state index is 0.366. The van der Waals surface area contributed by atoms with Crippen LogP contribution in [-0.2, 0) is 23.1 Å². The largest absolute Gasteiger partial charge is 0.349 e. The van der Waals surface area contributed by atoms with E-state index in [1.54, 1.807) is 16.6 Å². The molecular formula is C15H29N3O2S. The Hall–Kier alpha value is -0.850. The molecule has 6 heteroatoms. The van der Waals surface area contributed by atoms with Crippen LogP contribution in [0.5, 0.6) is 0 Å². The Labute approximate surface area is 129 Å². The van der Waals surface area contributed by atoms with Crippen LogP contribution in [0.1, 0.15) is 39.8 Å². The highest BCUT2D eigenvalue weighted by Crippen LogP contribution is 2.21. The molecule has 0 saturated heterocycles. The van der Waals surface area contributed by atoms with Crippen LogP contribution in [0.25, 0.3) is 0 Å². The normalized spacial score (nSPS) is 13.8. The van der Waals surface area contributed by atoms with E-state index in [9.17, 15) is 8.42 Å². The molecule has 0 aliphatic rings. The summed E-state index contributed by atoms with van der Waals surface area (Å²) in [5.41, 5.74) is 0.998. The summed E-state index contributed by atoms with van der Waals surface area (Å²) in [6.07, 6.45) is 2.73. The smallest absolute Gasteiger partial charge is 0.244 e. The Bertz CT molecular complexity index is 537. The summed E-state index contributed by atoms with van der Waals surface area (Å²) in [4.78, 5) is 0.403. The van der Waals surface area contributed by atoms with E-state index in [1.807, 2.05) is 25.5 Å². The Morgan fingerprint density at radius 3 is 2.48 bits per heavy atom. The minimum atomic E-state index is -3.40. The van der Waals surface area contributed by atoms with Crippen molar-refractivity contribution < 1.29 is 8.42 Å². The second-order valence-electron chi connectivity index (χ2n) is 5.45. The third kappa shape index (κ3) is 4.31. The Morgan fingerprint density at radius 1 is 1.33 bits per heavy atom. The molecule has 1 heterocycles. The van der Waals surface area contributed by atoms with Crippen LogP contribution in [0, 0.1) is 5.92 Å². The molecule has 0 saturated carbocycles. The number of rotatable bonds is 9. The SMILES string of the molecule is CCC(C)CN(CC)S(=O)(=O)c1cc(CNC)n(CC)c1. The number of aromatic nitrogens is 1. The van der Waals surface area contributed by atoms with Crippen molar-refractivity contribution in [1.29, 1.82) is 0 Å². The summed E-state index contributed by atoms with van der Waals surface area (Å²) in [5, 5.41) is 3.08. The zero-order valence-electron chi connectivity index (χ0n) is 13.9. The Balaban J connectivity index is 3.10. The third-order valence-electron chi connectivity index (χ3n) is 3.86. The van der Waals surface area contributed by atoms with Gasteiger partial charge in [-0.3, -0.25) is 0 Å². The van der Waals surface area contributed by atoms with Gasteiger partial charge >= 0.3 is 0 Å². The van der Waals surface area contributed by atoms with Crippen LogP contribution in [0.3, 0.4) is 0 Å². The fourth-order valence-corrected chi connectivity index (χ4v) is 3.95. The molecule has 1 unspecified atom stereocenters. The lowest BCUT2D eigenvalue weighted by molar-refractivity contribution is 0.361. The zero-order chi connectivity index (χ0) is 16.0. The molecule has 21 heavy (non-hydrogen) atoms. The summed E-state index contributed by atoms with van der Waals surface area (Å²) < 4.78 is 29.2. The van der Waals surface area contributed by atoms with E-state index in [0.717, 1.165) is 18.7 Å². The van der Waals surface area contributed by atoms with Gasteiger partial charge in [-0.1, -0.05) is 27.2 Å². The molecule has 0 radical (unpaired) electrons. The van der Waals surface area contributed by atoms with Gasteiger partial charge in [0.2, 0.25) is 10.0 Å². The molecule has 0 aliphatic heterocycles. The van der Waals surface area contributed by atoms with Crippen LogP contribution >= 0.6 is 0 Å². The van der Waals surface area contributed by atoms with E-state index in [0.29, 0.717) is 30.4 Å². The van der Waals surface area contributed by atoms with Crippen molar-refractivity contribution in [2.75, 3.05) is 20.1 Å². The Morgan fingerprint density at radius 2 is 2.00 bits per heavy atom. The maximum Gasteiger partial charge on any atom is 0.244 e. The summed E-state index contributed by atoms with van der Waals surface area (Å²) in [6.45, 7) is 10.6. The molecule has 1 rings (SSSR count). The molecule has 0 fully saturated rings. The molecule has 0 amide bonds. The highest BCUT2D eigenvalue weighted by molar-refractivity contribution is 7.89. The van der Waals surface area contributed by atoms with Gasteiger partial charge in [0.15, 0.2) is 0 Å². The topological polar surface area (TPSA) is 54.3 Å². The summed E-state index contributed by atoms with van der Waals surface area (Å²) in [7, 11) is -1.54. The maximum atomic E-state index is 12.8. The molecule has 1 aromatic heterocycles. The van der Waals surface area contributed by atoms with Crippen molar-refractivity contribution in [1.82, 2.24) is 14.2 Å². The summed E-state index contributed by atoms with van der Waals surface area (Å²) in [6, 6.07) is 1.79. The number of nitrogens with one attached hydrogen (secondary N) is 1. The molecule has 0 bridgehead atoms. The highest BCUT2D eigenvalue weighted by atomic mass is 32.2. The van der Waals surface area contributed by atoms with Crippen molar-refractivity contribution >= 4 is 10.0 Å². The molecular weight excluding hydrogens is 286 g/mol. The van der Waals surface area contributed by atoms with E-state index in [4.69, 9.17) is 0 Å².